The number of aromatic nitrogens is 2. The predicted octanol–water partition coefficient (Wildman–Crippen LogP) is 5.81. The highest BCUT2D eigenvalue weighted by molar-refractivity contribution is 7.99. The van der Waals surface area contributed by atoms with Crippen LogP contribution in [0.2, 0.25) is 0 Å². The standard InChI is InChI=1S/C23H16FN3O2S/c24-19-8-4-5-9-20(19)27-21(28)16-10-12-17(13-11-16)29-22-23(26-15-14-25-22)30-18-6-2-1-3-7-18/h1-15H,(H,27,28). The minimum absolute atomic E-state index is 0.130. The summed E-state index contributed by atoms with van der Waals surface area (Å²) in [5.41, 5.74) is 0.508. The molecule has 0 aliphatic rings. The van der Waals surface area contributed by atoms with Gasteiger partial charge in [-0.05, 0) is 48.5 Å². The Balaban J connectivity index is 1.46. The van der Waals surface area contributed by atoms with Gasteiger partial charge in [-0.25, -0.2) is 14.4 Å². The molecule has 4 aromatic rings. The Hall–Kier alpha value is -3.71. The molecule has 0 atom stereocenters. The van der Waals surface area contributed by atoms with Gasteiger partial charge in [-0.2, -0.15) is 0 Å². The Morgan fingerprint density at radius 1 is 0.867 bits per heavy atom. The largest absolute Gasteiger partial charge is 0.437 e. The van der Waals surface area contributed by atoms with E-state index in [1.54, 1.807) is 48.8 Å². The number of nitrogens with one attached hydrogen (secondary N) is 1. The molecule has 0 radical (unpaired) electrons. The molecule has 0 unspecified atom stereocenters. The highest BCUT2D eigenvalue weighted by Crippen LogP contribution is 2.33. The second-order valence-corrected chi connectivity index (χ2v) is 7.20. The highest BCUT2D eigenvalue weighted by Gasteiger charge is 2.12. The van der Waals surface area contributed by atoms with Crippen molar-refractivity contribution in [2.24, 2.45) is 0 Å². The normalized spacial score (nSPS) is 10.4. The molecule has 1 N–H and O–H groups in total. The van der Waals surface area contributed by atoms with E-state index >= 15 is 0 Å². The summed E-state index contributed by atoms with van der Waals surface area (Å²) in [6, 6.07) is 22.3. The van der Waals surface area contributed by atoms with Gasteiger partial charge >= 0.3 is 0 Å². The molecule has 30 heavy (non-hydrogen) atoms. The van der Waals surface area contributed by atoms with E-state index in [0.717, 1.165) is 4.90 Å². The number of para-hydroxylation sites is 1. The zero-order valence-electron chi connectivity index (χ0n) is 15.7. The number of nitrogens with zero attached hydrogens (tertiary/aromatic N) is 2. The van der Waals surface area contributed by atoms with Crippen molar-refractivity contribution < 1.29 is 13.9 Å². The first-order valence-electron chi connectivity index (χ1n) is 9.07. The molecule has 1 amide bonds. The molecule has 0 aliphatic heterocycles. The smallest absolute Gasteiger partial charge is 0.255 e. The van der Waals surface area contributed by atoms with Crippen molar-refractivity contribution in [3.05, 3.63) is 103 Å². The third-order valence-electron chi connectivity index (χ3n) is 4.04. The SMILES string of the molecule is O=C(Nc1ccccc1F)c1ccc(Oc2nccnc2Sc2ccccc2)cc1. The topological polar surface area (TPSA) is 64.1 Å². The van der Waals surface area contributed by atoms with Gasteiger partial charge in [0.05, 0.1) is 5.69 Å². The summed E-state index contributed by atoms with van der Waals surface area (Å²) in [6.45, 7) is 0. The third-order valence-corrected chi connectivity index (χ3v) is 5.03. The number of hydrogen-bond donors (Lipinski definition) is 1. The van der Waals surface area contributed by atoms with Crippen molar-refractivity contribution in [1.29, 1.82) is 0 Å². The van der Waals surface area contributed by atoms with Gasteiger partial charge in [0, 0.05) is 22.9 Å². The van der Waals surface area contributed by atoms with Crippen LogP contribution in [0.25, 0.3) is 0 Å². The summed E-state index contributed by atoms with van der Waals surface area (Å²) in [7, 11) is 0. The Bertz CT molecular complexity index is 1150. The van der Waals surface area contributed by atoms with E-state index in [1.807, 2.05) is 30.3 Å². The molecule has 0 fully saturated rings. The van der Waals surface area contributed by atoms with Crippen LogP contribution in [0.15, 0.2) is 101 Å². The second-order valence-electron chi connectivity index (χ2n) is 6.14. The van der Waals surface area contributed by atoms with E-state index in [1.165, 1.54) is 23.9 Å². The highest BCUT2D eigenvalue weighted by atomic mass is 32.2. The average molecular weight is 417 g/mol. The lowest BCUT2D eigenvalue weighted by Crippen LogP contribution is -2.12. The fourth-order valence-corrected chi connectivity index (χ4v) is 3.41. The molecular weight excluding hydrogens is 401 g/mol. The van der Waals surface area contributed by atoms with E-state index in [-0.39, 0.29) is 5.69 Å². The molecule has 0 saturated carbocycles. The molecule has 0 aliphatic carbocycles. The van der Waals surface area contributed by atoms with E-state index < -0.39 is 11.7 Å². The Morgan fingerprint density at radius 2 is 1.57 bits per heavy atom. The van der Waals surface area contributed by atoms with Gasteiger partial charge < -0.3 is 10.1 Å². The summed E-state index contributed by atoms with van der Waals surface area (Å²) >= 11 is 1.45. The number of benzene rings is 3. The van der Waals surface area contributed by atoms with Crippen LogP contribution in [0.5, 0.6) is 11.6 Å². The van der Waals surface area contributed by atoms with Crippen LogP contribution in [-0.2, 0) is 0 Å². The molecule has 1 aromatic heterocycles. The fourth-order valence-electron chi connectivity index (χ4n) is 2.60. The molecule has 148 valence electrons. The van der Waals surface area contributed by atoms with Gasteiger partial charge in [-0.1, -0.05) is 42.1 Å². The van der Waals surface area contributed by atoms with Gasteiger partial charge in [0.15, 0.2) is 5.03 Å². The maximum absolute atomic E-state index is 13.7. The molecule has 1 heterocycles. The fraction of sp³-hybridized carbons (Fsp3) is 0. The van der Waals surface area contributed by atoms with Crippen LogP contribution < -0.4 is 10.1 Å². The molecule has 0 spiro atoms. The van der Waals surface area contributed by atoms with Crippen molar-refractivity contribution in [1.82, 2.24) is 9.97 Å². The number of ether oxygens (including phenoxy) is 1. The van der Waals surface area contributed by atoms with Gasteiger partial charge in [-0.15, -0.1) is 0 Å². The molecule has 5 nitrogen and oxygen atoms in total. The maximum atomic E-state index is 13.7. The maximum Gasteiger partial charge on any atom is 0.255 e. The monoisotopic (exact) mass is 417 g/mol. The first-order valence-corrected chi connectivity index (χ1v) is 9.88. The predicted molar refractivity (Wildman–Crippen MR) is 113 cm³/mol. The molecule has 0 saturated heterocycles. The van der Waals surface area contributed by atoms with Crippen LogP contribution in [0, 0.1) is 5.82 Å². The number of anilines is 1. The first-order chi connectivity index (χ1) is 14.7. The van der Waals surface area contributed by atoms with Crippen LogP contribution in [0.4, 0.5) is 10.1 Å². The molecule has 3 aromatic carbocycles. The summed E-state index contributed by atoms with van der Waals surface area (Å²) in [5.74, 6) is -0.0221. The number of hydrogen-bond acceptors (Lipinski definition) is 5. The second kappa shape index (κ2) is 9.19. The minimum Gasteiger partial charge on any atom is -0.437 e. The van der Waals surface area contributed by atoms with Gasteiger partial charge in [-0.3, -0.25) is 4.79 Å². The molecular formula is C23H16FN3O2S. The lowest BCUT2D eigenvalue weighted by atomic mass is 10.2. The summed E-state index contributed by atoms with van der Waals surface area (Å²) in [5, 5.41) is 3.18. The van der Waals surface area contributed by atoms with Crippen molar-refractivity contribution >= 4 is 23.4 Å². The van der Waals surface area contributed by atoms with E-state index in [9.17, 15) is 9.18 Å². The van der Waals surface area contributed by atoms with E-state index in [0.29, 0.717) is 22.2 Å². The Labute approximate surface area is 177 Å². The van der Waals surface area contributed by atoms with Gasteiger partial charge in [0.1, 0.15) is 11.6 Å². The van der Waals surface area contributed by atoms with Gasteiger partial charge in [0.25, 0.3) is 11.8 Å². The third kappa shape index (κ3) is 4.82. The molecule has 4 rings (SSSR count). The summed E-state index contributed by atoms with van der Waals surface area (Å²) in [4.78, 5) is 22.0. The molecule has 0 bridgehead atoms. The van der Waals surface area contributed by atoms with Crippen LogP contribution in [-0.4, -0.2) is 15.9 Å². The number of rotatable bonds is 6. The number of amides is 1. The summed E-state index contributed by atoms with van der Waals surface area (Å²) in [6.07, 6.45) is 3.16. The average Bonchev–Trinajstić information content (AvgIpc) is 2.78. The van der Waals surface area contributed by atoms with Crippen LogP contribution in [0.3, 0.4) is 0 Å². The van der Waals surface area contributed by atoms with E-state index in [2.05, 4.69) is 15.3 Å². The van der Waals surface area contributed by atoms with Gasteiger partial charge in [0.2, 0.25) is 0 Å². The van der Waals surface area contributed by atoms with Crippen molar-refractivity contribution in [3.8, 4) is 11.6 Å². The zero-order chi connectivity index (χ0) is 20.8. The van der Waals surface area contributed by atoms with Crippen molar-refractivity contribution in [2.45, 2.75) is 9.92 Å². The Morgan fingerprint density at radius 3 is 2.33 bits per heavy atom. The summed E-state index contributed by atoms with van der Waals surface area (Å²) < 4.78 is 19.6. The Kier molecular flexibility index (Phi) is 6.01. The minimum atomic E-state index is -0.489. The van der Waals surface area contributed by atoms with E-state index in [4.69, 9.17) is 4.74 Å². The molecule has 7 heteroatoms. The lowest BCUT2D eigenvalue weighted by Gasteiger charge is -2.10. The number of halogens is 1. The lowest BCUT2D eigenvalue weighted by molar-refractivity contribution is 0.102. The first kappa shape index (κ1) is 19.6. The quantitative estimate of drug-likeness (QED) is 0.429. The van der Waals surface area contributed by atoms with Crippen molar-refractivity contribution in [2.75, 3.05) is 5.32 Å². The number of carbonyl (C=O) groups is 1. The number of carbonyl (C=O) groups excluding carboxylic acids is 1. The van der Waals surface area contributed by atoms with Crippen molar-refractivity contribution in [3.63, 3.8) is 0 Å². The van der Waals surface area contributed by atoms with Crippen LogP contribution in [0.1, 0.15) is 10.4 Å². The van der Waals surface area contributed by atoms with Crippen LogP contribution >= 0.6 is 11.8 Å². The zero-order valence-corrected chi connectivity index (χ0v) is 16.5.